The molecule has 14 heavy (non-hydrogen) atoms. The highest BCUT2D eigenvalue weighted by molar-refractivity contribution is 9.10. The fourth-order valence-corrected chi connectivity index (χ4v) is 1.86. The van der Waals surface area contributed by atoms with Gasteiger partial charge in [-0.3, -0.25) is 5.10 Å². The third-order valence-electron chi connectivity index (χ3n) is 2.24. The first kappa shape index (κ1) is 9.68. The third kappa shape index (κ3) is 1.81. The molecule has 2 N–H and O–H groups in total. The maximum Gasteiger partial charge on any atom is 0.108 e. The van der Waals surface area contributed by atoms with Crippen LogP contribution in [-0.2, 0) is 6.42 Å². The van der Waals surface area contributed by atoms with Gasteiger partial charge in [-0.25, -0.2) is 0 Å². The number of hydrogen-bond acceptors (Lipinski definition) is 2. The molecule has 74 valence electrons. The molecule has 1 aromatic carbocycles. The highest BCUT2D eigenvalue weighted by Gasteiger charge is 2.02. The molecule has 0 amide bonds. The average Bonchev–Trinajstić information content (AvgIpc) is 2.57. The molecule has 0 aliphatic rings. The van der Waals surface area contributed by atoms with Crippen molar-refractivity contribution in [3.05, 3.63) is 28.4 Å². The van der Waals surface area contributed by atoms with Crippen LogP contribution in [0, 0.1) is 0 Å². The summed E-state index contributed by atoms with van der Waals surface area (Å²) in [5.74, 6) is 0. The first-order valence-electron chi connectivity index (χ1n) is 4.58. The topological polar surface area (TPSA) is 40.7 Å². The van der Waals surface area contributed by atoms with E-state index in [1.165, 1.54) is 5.56 Å². The molecule has 0 atom stereocenters. The summed E-state index contributed by atoms with van der Waals surface area (Å²) < 4.78 is 0.957. The molecular formula is C10H12BrN3. The zero-order valence-electron chi connectivity index (χ0n) is 7.97. The van der Waals surface area contributed by atoms with E-state index in [9.17, 15) is 0 Å². The van der Waals surface area contributed by atoms with Crippen molar-refractivity contribution in [2.45, 2.75) is 6.42 Å². The lowest BCUT2D eigenvalue weighted by atomic mass is 10.1. The van der Waals surface area contributed by atoms with Crippen LogP contribution in [0.15, 0.2) is 22.8 Å². The number of likely N-dealkylation sites (N-methyl/N-ethyl adjacent to an activating group) is 1. The monoisotopic (exact) mass is 253 g/mol. The van der Waals surface area contributed by atoms with Gasteiger partial charge in [-0.15, -0.1) is 0 Å². The van der Waals surface area contributed by atoms with Gasteiger partial charge in [0.25, 0.3) is 0 Å². The van der Waals surface area contributed by atoms with E-state index in [0.29, 0.717) is 0 Å². The van der Waals surface area contributed by atoms with Crippen LogP contribution in [0.1, 0.15) is 5.56 Å². The van der Waals surface area contributed by atoms with Crippen molar-refractivity contribution < 1.29 is 0 Å². The van der Waals surface area contributed by atoms with Crippen LogP contribution >= 0.6 is 15.9 Å². The van der Waals surface area contributed by atoms with Gasteiger partial charge in [-0.05, 0) is 53.6 Å². The van der Waals surface area contributed by atoms with Crippen LogP contribution in [0.25, 0.3) is 10.9 Å². The van der Waals surface area contributed by atoms with E-state index in [0.717, 1.165) is 28.5 Å². The first-order valence-corrected chi connectivity index (χ1v) is 5.37. The number of aromatic amines is 1. The van der Waals surface area contributed by atoms with Gasteiger partial charge in [-0.2, -0.15) is 5.10 Å². The van der Waals surface area contributed by atoms with Crippen molar-refractivity contribution in [2.75, 3.05) is 13.6 Å². The van der Waals surface area contributed by atoms with E-state index >= 15 is 0 Å². The Bertz CT molecular complexity index is 436. The molecule has 0 fully saturated rings. The van der Waals surface area contributed by atoms with E-state index < -0.39 is 0 Å². The van der Waals surface area contributed by atoms with Crippen LogP contribution < -0.4 is 5.32 Å². The minimum atomic E-state index is 0.957. The second kappa shape index (κ2) is 4.11. The minimum absolute atomic E-state index is 0.957. The molecule has 4 heteroatoms. The van der Waals surface area contributed by atoms with Gasteiger partial charge in [0.05, 0.1) is 5.52 Å². The first-order chi connectivity index (χ1) is 6.81. The maximum absolute atomic E-state index is 4.15. The van der Waals surface area contributed by atoms with Crippen LogP contribution in [0.4, 0.5) is 0 Å². The molecule has 2 rings (SSSR count). The molecule has 0 saturated heterocycles. The zero-order valence-corrected chi connectivity index (χ0v) is 9.56. The summed E-state index contributed by atoms with van der Waals surface area (Å²) >= 11 is 3.44. The van der Waals surface area contributed by atoms with Crippen molar-refractivity contribution in [1.82, 2.24) is 15.5 Å². The van der Waals surface area contributed by atoms with E-state index in [4.69, 9.17) is 0 Å². The van der Waals surface area contributed by atoms with Crippen LogP contribution in [0.5, 0.6) is 0 Å². The maximum atomic E-state index is 4.15. The zero-order chi connectivity index (χ0) is 9.97. The van der Waals surface area contributed by atoms with E-state index in [1.54, 1.807) is 0 Å². The molecule has 0 bridgehead atoms. The average molecular weight is 254 g/mol. The number of nitrogens with zero attached hydrogens (tertiary/aromatic N) is 1. The summed E-state index contributed by atoms with van der Waals surface area (Å²) in [6.45, 7) is 1.00. The van der Waals surface area contributed by atoms with Crippen molar-refractivity contribution in [3.8, 4) is 0 Å². The largest absolute Gasteiger partial charge is 0.319 e. The van der Waals surface area contributed by atoms with Gasteiger partial charge in [-0.1, -0.05) is 6.07 Å². The van der Waals surface area contributed by atoms with Crippen molar-refractivity contribution in [3.63, 3.8) is 0 Å². The van der Waals surface area contributed by atoms with Crippen molar-refractivity contribution in [2.24, 2.45) is 0 Å². The molecule has 0 unspecified atom stereocenters. The molecule has 1 aromatic heterocycles. The molecule has 0 aliphatic heterocycles. The number of H-pyrrole nitrogens is 1. The molecule has 0 aliphatic carbocycles. The summed E-state index contributed by atoms with van der Waals surface area (Å²) in [4.78, 5) is 0. The Morgan fingerprint density at radius 3 is 3.14 bits per heavy atom. The Morgan fingerprint density at radius 2 is 2.36 bits per heavy atom. The molecular weight excluding hydrogens is 242 g/mol. The summed E-state index contributed by atoms with van der Waals surface area (Å²) in [5.41, 5.74) is 2.33. The van der Waals surface area contributed by atoms with Gasteiger partial charge >= 0.3 is 0 Å². The second-order valence-corrected chi connectivity index (χ2v) is 4.04. The van der Waals surface area contributed by atoms with Crippen LogP contribution in [-0.4, -0.2) is 23.8 Å². The Kier molecular flexibility index (Phi) is 2.84. The highest BCUT2D eigenvalue weighted by atomic mass is 79.9. The van der Waals surface area contributed by atoms with Gasteiger partial charge in [0, 0.05) is 5.39 Å². The number of fused-ring (bicyclic) bond motifs is 1. The number of benzene rings is 1. The molecule has 0 radical (unpaired) electrons. The summed E-state index contributed by atoms with van der Waals surface area (Å²) in [7, 11) is 1.96. The lowest BCUT2D eigenvalue weighted by molar-refractivity contribution is 0.792. The number of hydrogen-bond donors (Lipinski definition) is 2. The minimum Gasteiger partial charge on any atom is -0.319 e. The van der Waals surface area contributed by atoms with Gasteiger partial charge in [0.15, 0.2) is 0 Å². The van der Waals surface area contributed by atoms with Gasteiger partial charge in [0.1, 0.15) is 4.60 Å². The van der Waals surface area contributed by atoms with Crippen molar-refractivity contribution >= 4 is 26.8 Å². The highest BCUT2D eigenvalue weighted by Crippen LogP contribution is 2.21. The molecule has 2 aromatic rings. The normalized spacial score (nSPS) is 11.0. The Balaban J connectivity index is 2.34. The predicted octanol–water partition coefficient (Wildman–Crippen LogP) is 2.09. The smallest absolute Gasteiger partial charge is 0.108 e. The summed E-state index contributed by atoms with van der Waals surface area (Å²) in [6, 6.07) is 6.33. The molecule has 1 heterocycles. The standard InChI is InChI=1S/C10H12BrN3/c1-12-5-4-7-2-3-9-8(6-7)10(11)14-13-9/h2-3,6,12H,4-5H2,1H3,(H,13,14). The third-order valence-corrected chi connectivity index (χ3v) is 2.84. The molecule has 3 nitrogen and oxygen atoms in total. The van der Waals surface area contributed by atoms with Crippen LogP contribution in [0.2, 0.25) is 0 Å². The lowest BCUT2D eigenvalue weighted by Gasteiger charge is -2.00. The fourth-order valence-electron chi connectivity index (χ4n) is 1.45. The molecule has 0 saturated carbocycles. The fraction of sp³-hybridized carbons (Fsp3) is 0.300. The second-order valence-electron chi connectivity index (χ2n) is 3.24. The quantitative estimate of drug-likeness (QED) is 0.880. The summed E-state index contributed by atoms with van der Waals surface area (Å²) in [5, 5.41) is 11.4. The number of halogens is 1. The molecule has 0 spiro atoms. The number of nitrogens with one attached hydrogen (secondary N) is 2. The SMILES string of the molecule is CNCCc1ccc2n[nH]c(Br)c2c1. The summed E-state index contributed by atoms with van der Waals surface area (Å²) in [6.07, 6.45) is 1.05. The van der Waals surface area contributed by atoms with Gasteiger partial charge in [0.2, 0.25) is 0 Å². The number of aromatic nitrogens is 2. The number of rotatable bonds is 3. The van der Waals surface area contributed by atoms with Crippen molar-refractivity contribution in [1.29, 1.82) is 0 Å². The Morgan fingerprint density at radius 1 is 1.50 bits per heavy atom. The van der Waals surface area contributed by atoms with E-state index in [2.05, 4.69) is 43.6 Å². The van der Waals surface area contributed by atoms with E-state index in [1.807, 2.05) is 13.1 Å². The van der Waals surface area contributed by atoms with Crippen LogP contribution in [0.3, 0.4) is 0 Å². The lowest BCUT2D eigenvalue weighted by Crippen LogP contribution is -2.10. The Hall–Kier alpha value is -0.870. The van der Waals surface area contributed by atoms with E-state index in [-0.39, 0.29) is 0 Å². The predicted molar refractivity (Wildman–Crippen MR) is 61.4 cm³/mol. The van der Waals surface area contributed by atoms with Gasteiger partial charge < -0.3 is 5.32 Å². The Labute approximate surface area is 91.0 Å².